The van der Waals surface area contributed by atoms with E-state index in [9.17, 15) is 4.79 Å². The largest absolute Gasteiger partial charge is 0.371 e. The number of rotatable bonds is 5. The van der Waals surface area contributed by atoms with Crippen molar-refractivity contribution in [2.45, 2.75) is 29.9 Å². The van der Waals surface area contributed by atoms with E-state index in [4.69, 9.17) is 11.6 Å². The van der Waals surface area contributed by atoms with Gasteiger partial charge in [-0.1, -0.05) is 29.8 Å². The molecule has 0 spiro atoms. The lowest BCUT2D eigenvalue weighted by atomic mass is 10.0. The molecular weight excluding hydrogens is 428 g/mol. The van der Waals surface area contributed by atoms with E-state index in [1.165, 1.54) is 22.6 Å². The number of halogens is 1. The number of aromatic nitrogens is 2. The van der Waals surface area contributed by atoms with Gasteiger partial charge < -0.3 is 10.2 Å². The van der Waals surface area contributed by atoms with Crippen molar-refractivity contribution in [2.24, 2.45) is 7.05 Å². The average Bonchev–Trinajstić information content (AvgIpc) is 3.13. The van der Waals surface area contributed by atoms with Crippen LogP contribution in [0.4, 0.5) is 5.69 Å². The first kappa shape index (κ1) is 20.5. The lowest BCUT2D eigenvalue weighted by Gasteiger charge is -2.31. The molecule has 31 heavy (non-hydrogen) atoms. The second kappa shape index (κ2) is 8.60. The summed E-state index contributed by atoms with van der Waals surface area (Å²) in [4.78, 5) is 16.5. The van der Waals surface area contributed by atoms with Gasteiger partial charge in [0.25, 0.3) is 5.91 Å². The molecule has 3 aromatic rings. The monoisotopic (exact) mass is 452 g/mol. The molecule has 7 heteroatoms. The van der Waals surface area contributed by atoms with Gasteiger partial charge in [0.15, 0.2) is 5.69 Å². The molecule has 2 aliphatic heterocycles. The summed E-state index contributed by atoms with van der Waals surface area (Å²) >= 11 is 7.95. The molecule has 0 saturated carbocycles. The molecule has 2 aromatic carbocycles. The van der Waals surface area contributed by atoms with Crippen LogP contribution in [0.25, 0.3) is 11.3 Å². The number of hydrogen-bond donors (Lipinski definition) is 1. The standard InChI is InChI=1S/C24H25ClN4OS/c1-28-23-18-14-17(25)9-10-21(18)31-15-19(23)22(27-28)24(30)26-11-5-13-29-12-4-7-16-6-2-3-8-20(16)29/h2-3,6,8-10,14H,4-5,7,11-13,15H2,1H3,(H,26,30). The lowest BCUT2D eigenvalue weighted by Crippen LogP contribution is -2.33. The van der Waals surface area contributed by atoms with Crippen LogP contribution in [0.3, 0.4) is 0 Å². The van der Waals surface area contributed by atoms with Crippen LogP contribution in [0.2, 0.25) is 5.02 Å². The number of thioether (sulfide) groups is 1. The Morgan fingerprint density at radius 3 is 3.03 bits per heavy atom. The maximum Gasteiger partial charge on any atom is 0.272 e. The Labute approximate surface area is 191 Å². The highest BCUT2D eigenvalue weighted by Gasteiger charge is 2.27. The lowest BCUT2D eigenvalue weighted by molar-refractivity contribution is 0.0947. The summed E-state index contributed by atoms with van der Waals surface area (Å²) in [5.74, 6) is 0.646. The summed E-state index contributed by atoms with van der Waals surface area (Å²) in [6.45, 7) is 2.66. The second-order valence-electron chi connectivity index (χ2n) is 8.06. The topological polar surface area (TPSA) is 50.2 Å². The first-order valence-electron chi connectivity index (χ1n) is 10.7. The summed E-state index contributed by atoms with van der Waals surface area (Å²) in [7, 11) is 1.89. The second-order valence-corrected chi connectivity index (χ2v) is 9.51. The number of nitrogens with one attached hydrogen (secondary N) is 1. The quantitative estimate of drug-likeness (QED) is 0.558. The van der Waals surface area contributed by atoms with Crippen molar-refractivity contribution in [3.05, 3.63) is 64.3 Å². The highest BCUT2D eigenvalue weighted by atomic mass is 35.5. The van der Waals surface area contributed by atoms with E-state index in [1.807, 2.05) is 29.9 Å². The van der Waals surface area contributed by atoms with E-state index in [0.29, 0.717) is 17.3 Å². The van der Waals surface area contributed by atoms with Crippen LogP contribution in [-0.2, 0) is 19.2 Å². The minimum Gasteiger partial charge on any atom is -0.371 e. The molecule has 1 amide bonds. The van der Waals surface area contributed by atoms with Crippen LogP contribution < -0.4 is 10.2 Å². The maximum absolute atomic E-state index is 12.9. The van der Waals surface area contributed by atoms with E-state index < -0.39 is 0 Å². The first-order chi connectivity index (χ1) is 15.1. The van der Waals surface area contributed by atoms with Crippen molar-refractivity contribution in [3.8, 4) is 11.3 Å². The molecule has 160 valence electrons. The zero-order valence-corrected chi connectivity index (χ0v) is 19.1. The third-order valence-electron chi connectivity index (χ3n) is 6.03. The van der Waals surface area contributed by atoms with Gasteiger partial charge in [-0.2, -0.15) is 5.10 Å². The molecule has 1 aromatic heterocycles. The number of aryl methyl sites for hydroxylation is 2. The van der Waals surface area contributed by atoms with E-state index in [-0.39, 0.29) is 5.91 Å². The SMILES string of the molecule is Cn1nc(C(=O)NCCCN2CCCc3ccccc32)c2c1-c1cc(Cl)ccc1SC2. The van der Waals surface area contributed by atoms with Gasteiger partial charge in [-0.3, -0.25) is 9.48 Å². The number of anilines is 1. The Hall–Kier alpha value is -2.44. The molecule has 0 saturated heterocycles. The Morgan fingerprint density at radius 2 is 2.13 bits per heavy atom. The highest BCUT2D eigenvalue weighted by molar-refractivity contribution is 7.98. The van der Waals surface area contributed by atoms with E-state index in [2.05, 4.69) is 39.6 Å². The normalized spacial score (nSPS) is 14.6. The van der Waals surface area contributed by atoms with Crippen molar-refractivity contribution in [1.82, 2.24) is 15.1 Å². The van der Waals surface area contributed by atoms with Crippen LogP contribution in [0, 0.1) is 0 Å². The van der Waals surface area contributed by atoms with Crippen molar-refractivity contribution in [1.29, 1.82) is 0 Å². The van der Waals surface area contributed by atoms with Gasteiger partial charge >= 0.3 is 0 Å². The number of nitrogens with zero attached hydrogens (tertiary/aromatic N) is 3. The Balaban J connectivity index is 1.24. The number of fused-ring (bicyclic) bond motifs is 4. The molecular formula is C24H25ClN4OS. The van der Waals surface area contributed by atoms with Crippen LogP contribution in [-0.4, -0.2) is 35.3 Å². The van der Waals surface area contributed by atoms with E-state index in [0.717, 1.165) is 48.5 Å². The van der Waals surface area contributed by atoms with Crippen molar-refractivity contribution in [3.63, 3.8) is 0 Å². The van der Waals surface area contributed by atoms with Crippen molar-refractivity contribution < 1.29 is 4.79 Å². The van der Waals surface area contributed by atoms with Gasteiger partial charge in [0.05, 0.1) is 5.69 Å². The zero-order valence-electron chi connectivity index (χ0n) is 17.5. The molecule has 0 radical (unpaired) electrons. The molecule has 5 nitrogen and oxygen atoms in total. The minimum absolute atomic E-state index is 0.0954. The number of para-hydroxylation sites is 1. The third-order valence-corrected chi connectivity index (χ3v) is 7.36. The number of amides is 1. The van der Waals surface area contributed by atoms with Crippen LogP contribution in [0.5, 0.6) is 0 Å². The fraction of sp³-hybridized carbons (Fsp3) is 0.333. The molecule has 0 fully saturated rings. The van der Waals surface area contributed by atoms with E-state index in [1.54, 1.807) is 11.8 Å². The average molecular weight is 453 g/mol. The predicted octanol–water partition coefficient (Wildman–Crippen LogP) is 4.92. The summed E-state index contributed by atoms with van der Waals surface area (Å²) < 4.78 is 1.81. The summed E-state index contributed by atoms with van der Waals surface area (Å²) in [5.41, 5.74) is 6.33. The Kier molecular flexibility index (Phi) is 5.67. The summed E-state index contributed by atoms with van der Waals surface area (Å²) in [5, 5.41) is 8.33. The van der Waals surface area contributed by atoms with E-state index >= 15 is 0 Å². The van der Waals surface area contributed by atoms with Crippen molar-refractivity contribution >= 4 is 35.0 Å². The fourth-order valence-electron chi connectivity index (χ4n) is 4.59. The van der Waals surface area contributed by atoms with Crippen LogP contribution >= 0.6 is 23.4 Å². The maximum atomic E-state index is 12.9. The highest BCUT2D eigenvalue weighted by Crippen LogP contribution is 2.43. The number of carbonyl (C=O) groups excluding carboxylic acids is 1. The molecule has 3 heterocycles. The molecule has 5 rings (SSSR count). The summed E-state index contributed by atoms with van der Waals surface area (Å²) in [6, 6.07) is 14.5. The van der Waals surface area contributed by atoms with Crippen molar-refractivity contribution in [2.75, 3.05) is 24.5 Å². The fourth-order valence-corrected chi connectivity index (χ4v) is 5.81. The molecule has 1 N–H and O–H groups in total. The van der Waals surface area contributed by atoms with Gasteiger partial charge in [0.1, 0.15) is 0 Å². The van der Waals surface area contributed by atoms with Crippen LogP contribution in [0.1, 0.15) is 34.5 Å². The van der Waals surface area contributed by atoms with Gasteiger partial charge in [-0.15, -0.1) is 11.8 Å². The Bertz CT molecular complexity index is 1140. The van der Waals surface area contributed by atoms with Crippen LogP contribution in [0.15, 0.2) is 47.4 Å². The number of carbonyl (C=O) groups is 1. The molecule has 0 atom stereocenters. The third kappa shape index (κ3) is 3.94. The molecule has 0 aliphatic carbocycles. The van der Waals surface area contributed by atoms with Gasteiger partial charge in [-0.25, -0.2) is 0 Å². The van der Waals surface area contributed by atoms with Gasteiger partial charge in [-0.05, 0) is 49.1 Å². The predicted molar refractivity (Wildman–Crippen MR) is 127 cm³/mol. The molecule has 0 unspecified atom stereocenters. The molecule has 2 aliphatic rings. The number of hydrogen-bond acceptors (Lipinski definition) is 4. The Morgan fingerprint density at radius 1 is 1.26 bits per heavy atom. The first-order valence-corrected chi connectivity index (χ1v) is 12.1. The summed E-state index contributed by atoms with van der Waals surface area (Å²) in [6.07, 6.45) is 3.25. The molecule has 0 bridgehead atoms. The zero-order chi connectivity index (χ0) is 21.4. The number of benzene rings is 2. The van der Waals surface area contributed by atoms with Gasteiger partial charge in [0.2, 0.25) is 0 Å². The smallest absolute Gasteiger partial charge is 0.272 e. The minimum atomic E-state index is -0.0954. The van der Waals surface area contributed by atoms with Gasteiger partial charge in [0, 0.05) is 59.2 Å².